The average molecular weight is 593 g/mol. The number of nitrogens with zero attached hydrogens (tertiary/aromatic N) is 1. The van der Waals surface area contributed by atoms with Gasteiger partial charge in [0, 0.05) is 18.1 Å². The van der Waals surface area contributed by atoms with E-state index in [2.05, 4.69) is 11.4 Å². The fraction of sp³-hybridized carbons (Fsp3) is 0.111. The largest absolute Gasteiger partial charge is 0.478 e. The molecule has 2 N–H and O–H groups in total. The maximum Gasteiger partial charge on any atom is 0.416 e. The van der Waals surface area contributed by atoms with Crippen LogP contribution in [0.3, 0.4) is 0 Å². The van der Waals surface area contributed by atoms with Crippen LogP contribution in [0.4, 0.5) is 13.2 Å². The Kier molecular flexibility index (Phi) is 7.43. The third-order valence-corrected chi connectivity index (χ3v) is 7.80. The third kappa shape index (κ3) is 5.79. The smallest absolute Gasteiger partial charge is 0.416 e. The van der Waals surface area contributed by atoms with Crippen LogP contribution in [0, 0.1) is 0 Å². The molecule has 0 aliphatic heterocycles. The van der Waals surface area contributed by atoms with E-state index >= 15 is 0 Å². The number of benzene rings is 5. The second-order valence-corrected chi connectivity index (χ2v) is 10.8. The van der Waals surface area contributed by atoms with Gasteiger partial charge in [0.1, 0.15) is 0 Å². The van der Waals surface area contributed by atoms with Crippen molar-refractivity contribution >= 4 is 33.6 Å². The van der Waals surface area contributed by atoms with Crippen molar-refractivity contribution in [2.24, 2.45) is 0 Å². The average Bonchev–Trinajstić information content (AvgIpc) is 3.42. The van der Waals surface area contributed by atoms with Gasteiger partial charge in [0.15, 0.2) is 0 Å². The second-order valence-electron chi connectivity index (χ2n) is 10.8. The standard InChI is InChI=1S/C36H27F3N2O3/c1-22(24-11-13-26(14-12-24)35(43)44)40-34(42)32-20-30(28-7-4-8-31(19-28)36(37,38)39)18-29-15-16-41(33(29)32)21-23-9-10-25-5-2-3-6-27(25)17-23/h2-20,22H,21H2,1H3,(H,40,42)(H,43,44)/t22-/m0/s1. The van der Waals surface area contributed by atoms with E-state index in [0.29, 0.717) is 39.7 Å². The van der Waals surface area contributed by atoms with E-state index in [1.165, 1.54) is 18.2 Å². The summed E-state index contributed by atoms with van der Waals surface area (Å²) in [5, 5.41) is 15.1. The molecule has 0 aliphatic rings. The monoisotopic (exact) mass is 592 g/mol. The number of rotatable bonds is 7. The summed E-state index contributed by atoms with van der Waals surface area (Å²) in [4.78, 5) is 25.2. The van der Waals surface area contributed by atoms with Crippen LogP contribution in [0.25, 0.3) is 32.8 Å². The molecule has 44 heavy (non-hydrogen) atoms. The van der Waals surface area contributed by atoms with Gasteiger partial charge in [-0.15, -0.1) is 0 Å². The highest BCUT2D eigenvalue weighted by atomic mass is 19.4. The Morgan fingerprint density at radius 3 is 2.27 bits per heavy atom. The van der Waals surface area contributed by atoms with Gasteiger partial charge in [0.2, 0.25) is 0 Å². The van der Waals surface area contributed by atoms with E-state index in [4.69, 9.17) is 0 Å². The van der Waals surface area contributed by atoms with Gasteiger partial charge in [0.05, 0.1) is 28.2 Å². The predicted octanol–water partition coefficient (Wildman–Crippen LogP) is 8.72. The lowest BCUT2D eigenvalue weighted by atomic mass is 9.97. The molecule has 0 fully saturated rings. The molecule has 0 saturated heterocycles. The Labute approximate surface area is 251 Å². The molecule has 0 saturated carbocycles. The number of fused-ring (bicyclic) bond motifs is 2. The summed E-state index contributed by atoms with van der Waals surface area (Å²) in [6.07, 6.45) is -2.63. The van der Waals surface area contributed by atoms with E-state index in [1.54, 1.807) is 37.3 Å². The summed E-state index contributed by atoms with van der Waals surface area (Å²) >= 11 is 0. The molecular formula is C36H27F3N2O3. The topological polar surface area (TPSA) is 71.3 Å². The Balaban J connectivity index is 1.42. The van der Waals surface area contributed by atoms with Crippen molar-refractivity contribution in [3.05, 3.63) is 143 Å². The van der Waals surface area contributed by atoms with Crippen LogP contribution >= 0.6 is 0 Å². The Bertz CT molecular complexity index is 2030. The third-order valence-electron chi connectivity index (χ3n) is 7.80. The van der Waals surface area contributed by atoms with Gasteiger partial charge in [-0.2, -0.15) is 13.2 Å². The van der Waals surface area contributed by atoms with Crippen LogP contribution < -0.4 is 5.32 Å². The molecular weight excluding hydrogens is 565 g/mol. The lowest BCUT2D eigenvalue weighted by Crippen LogP contribution is -2.27. The Morgan fingerprint density at radius 2 is 1.55 bits per heavy atom. The van der Waals surface area contributed by atoms with Crippen LogP contribution in [0.15, 0.2) is 115 Å². The van der Waals surface area contributed by atoms with Gasteiger partial charge in [-0.1, -0.05) is 60.7 Å². The summed E-state index contributed by atoms with van der Waals surface area (Å²) in [6, 6.07) is 30.3. The first-order chi connectivity index (χ1) is 21.1. The minimum atomic E-state index is -4.50. The van der Waals surface area contributed by atoms with Gasteiger partial charge in [-0.3, -0.25) is 4.79 Å². The maximum absolute atomic E-state index is 13.9. The fourth-order valence-corrected chi connectivity index (χ4v) is 5.50. The highest BCUT2D eigenvalue weighted by Gasteiger charge is 2.30. The molecule has 1 amide bonds. The molecule has 1 aromatic heterocycles. The van der Waals surface area contributed by atoms with Crippen molar-refractivity contribution in [1.29, 1.82) is 0 Å². The molecule has 8 heteroatoms. The van der Waals surface area contributed by atoms with Crippen molar-refractivity contribution in [3.8, 4) is 11.1 Å². The number of carbonyl (C=O) groups excluding carboxylic acids is 1. The highest BCUT2D eigenvalue weighted by molar-refractivity contribution is 6.08. The van der Waals surface area contributed by atoms with Crippen molar-refractivity contribution < 1.29 is 27.9 Å². The first kappa shape index (κ1) is 28.7. The SMILES string of the molecule is C[C@H](NC(=O)c1cc(-c2cccc(C(F)(F)F)c2)cc2ccn(Cc3ccc4ccccc4c3)c12)c1ccc(C(=O)O)cc1. The molecule has 0 radical (unpaired) electrons. The molecule has 0 aliphatic carbocycles. The van der Waals surface area contributed by atoms with Crippen LogP contribution in [0.5, 0.6) is 0 Å². The zero-order chi connectivity index (χ0) is 31.0. The zero-order valence-corrected chi connectivity index (χ0v) is 23.6. The number of alkyl halides is 3. The van der Waals surface area contributed by atoms with Crippen LogP contribution in [-0.4, -0.2) is 21.6 Å². The van der Waals surface area contributed by atoms with Crippen molar-refractivity contribution in [3.63, 3.8) is 0 Å². The van der Waals surface area contributed by atoms with Crippen LogP contribution in [-0.2, 0) is 12.7 Å². The number of halogens is 3. The number of carboxylic acid groups (broad SMARTS) is 1. The molecule has 220 valence electrons. The molecule has 1 heterocycles. The first-order valence-corrected chi connectivity index (χ1v) is 14.0. The van der Waals surface area contributed by atoms with Gasteiger partial charge < -0.3 is 15.0 Å². The number of hydrogen-bond donors (Lipinski definition) is 2. The Morgan fingerprint density at radius 1 is 0.795 bits per heavy atom. The lowest BCUT2D eigenvalue weighted by Gasteiger charge is -2.17. The fourth-order valence-electron chi connectivity index (χ4n) is 5.50. The van der Waals surface area contributed by atoms with E-state index in [-0.39, 0.29) is 5.56 Å². The van der Waals surface area contributed by atoms with E-state index in [9.17, 15) is 27.9 Å². The molecule has 6 aromatic rings. The summed E-state index contributed by atoms with van der Waals surface area (Å²) in [5.74, 6) is -1.45. The van der Waals surface area contributed by atoms with Crippen LogP contribution in [0.2, 0.25) is 0 Å². The zero-order valence-electron chi connectivity index (χ0n) is 23.6. The minimum absolute atomic E-state index is 0.134. The maximum atomic E-state index is 13.9. The molecule has 0 spiro atoms. The lowest BCUT2D eigenvalue weighted by molar-refractivity contribution is -0.137. The van der Waals surface area contributed by atoms with Gasteiger partial charge in [-0.25, -0.2) is 4.79 Å². The number of aromatic nitrogens is 1. The molecule has 5 aromatic carbocycles. The minimum Gasteiger partial charge on any atom is -0.478 e. The molecule has 6 rings (SSSR count). The predicted molar refractivity (Wildman–Crippen MR) is 165 cm³/mol. The summed E-state index contributed by atoms with van der Waals surface area (Å²) in [6.45, 7) is 2.26. The van der Waals surface area contributed by atoms with Crippen molar-refractivity contribution in [2.75, 3.05) is 0 Å². The summed E-state index contributed by atoms with van der Waals surface area (Å²) in [5.41, 5.74) is 2.89. The Hall–Kier alpha value is -5.37. The number of carboxylic acids is 1. The second kappa shape index (κ2) is 11.4. The molecule has 0 unspecified atom stereocenters. The number of nitrogens with one attached hydrogen (secondary N) is 1. The van der Waals surface area contributed by atoms with E-state index < -0.39 is 29.7 Å². The summed E-state index contributed by atoms with van der Waals surface area (Å²) < 4.78 is 42.5. The quantitative estimate of drug-likeness (QED) is 0.195. The molecule has 1 atom stereocenters. The van der Waals surface area contributed by atoms with Crippen LogP contribution in [0.1, 0.15) is 50.4 Å². The highest BCUT2D eigenvalue weighted by Crippen LogP contribution is 2.35. The number of hydrogen-bond acceptors (Lipinski definition) is 2. The van der Waals surface area contributed by atoms with Gasteiger partial charge in [-0.05, 0) is 88.5 Å². The number of amides is 1. The molecule has 0 bridgehead atoms. The van der Waals surface area contributed by atoms with E-state index in [1.807, 2.05) is 53.2 Å². The summed E-state index contributed by atoms with van der Waals surface area (Å²) in [7, 11) is 0. The van der Waals surface area contributed by atoms with Gasteiger partial charge in [0.25, 0.3) is 5.91 Å². The number of aromatic carboxylic acids is 1. The van der Waals surface area contributed by atoms with Gasteiger partial charge >= 0.3 is 12.1 Å². The van der Waals surface area contributed by atoms with E-state index in [0.717, 1.165) is 28.5 Å². The van der Waals surface area contributed by atoms with Crippen molar-refractivity contribution in [2.45, 2.75) is 25.7 Å². The molecule has 5 nitrogen and oxygen atoms in total. The van der Waals surface area contributed by atoms with Crippen molar-refractivity contribution in [1.82, 2.24) is 9.88 Å². The number of carbonyl (C=O) groups is 2. The normalized spacial score (nSPS) is 12.4. The first-order valence-electron chi connectivity index (χ1n) is 14.0.